The van der Waals surface area contributed by atoms with Gasteiger partial charge in [0.15, 0.2) is 0 Å². The summed E-state index contributed by atoms with van der Waals surface area (Å²) in [5, 5.41) is 0. The molecule has 1 aromatic carbocycles. The van der Waals surface area contributed by atoms with Crippen LogP contribution in [0.3, 0.4) is 0 Å². The zero-order valence-corrected chi connectivity index (χ0v) is 15.4. The number of nitrogens with zero attached hydrogens (tertiary/aromatic N) is 4. The molecule has 0 N–H and O–H groups in total. The predicted molar refractivity (Wildman–Crippen MR) is 105 cm³/mol. The molecule has 4 rings (SSSR count). The van der Waals surface area contributed by atoms with Gasteiger partial charge in [-0.05, 0) is 43.7 Å². The average molecular weight is 360 g/mol. The van der Waals surface area contributed by atoms with Crippen LogP contribution in [0.25, 0.3) is 11.4 Å². The van der Waals surface area contributed by atoms with Crippen LogP contribution in [0.2, 0.25) is 0 Å². The van der Waals surface area contributed by atoms with Crippen molar-refractivity contribution in [1.29, 1.82) is 0 Å². The number of benzene rings is 1. The van der Waals surface area contributed by atoms with E-state index in [0.29, 0.717) is 17.3 Å². The molecule has 1 unspecified atom stereocenters. The Bertz CT molecular complexity index is 938. The molecule has 0 saturated heterocycles. The van der Waals surface area contributed by atoms with Crippen molar-refractivity contribution in [3.05, 3.63) is 76.7 Å². The van der Waals surface area contributed by atoms with Crippen LogP contribution in [0.1, 0.15) is 49.4 Å². The van der Waals surface area contributed by atoms with E-state index in [4.69, 9.17) is 4.98 Å². The van der Waals surface area contributed by atoms with Gasteiger partial charge in [-0.25, -0.2) is 15.0 Å². The van der Waals surface area contributed by atoms with Crippen LogP contribution in [0, 0.1) is 0 Å². The lowest BCUT2D eigenvalue weighted by molar-refractivity contribution is 0.518. The fourth-order valence-electron chi connectivity index (χ4n) is 3.89. The van der Waals surface area contributed by atoms with Gasteiger partial charge in [0.05, 0.1) is 11.4 Å². The van der Waals surface area contributed by atoms with Gasteiger partial charge in [-0.1, -0.05) is 36.8 Å². The summed E-state index contributed by atoms with van der Waals surface area (Å²) in [6, 6.07) is 14.0. The molecule has 5 heteroatoms. The molecule has 1 aliphatic heterocycles. The van der Waals surface area contributed by atoms with Crippen molar-refractivity contribution in [1.82, 2.24) is 19.5 Å². The predicted octanol–water partition coefficient (Wildman–Crippen LogP) is 3.99. The standard InChI is InChI=1S/C22H24N4O/c27-21-15-20(19-12-13-23-16-24-19)25-22-18(10-4-5-14-26(21)22)11-6-9-17-7-2-1-3-8-17/h1-3,7-8,12-13,15-16,18H,4-6,9-11,14H2. The van der Waals surface area contributed by atoms with E-state index in [1.165, 1.54) is 11.9 Å². The lowest BCUT2D eigenvalue weighted by Crippen LogP contribution is -2.25. The Hall–Kier alpha value is -2.82. The highest BCUT2D eigenvalue weighted by Gasteiger charge is 2.22. The number of hydrogen-bond acceptors (Lipinski definition) is 4. The van der Waals surface area contributed by atoms with E-state index < -0.39 is 0 Å². The first-order valence-electron chi connectivity index (χ1n) is 9.73. The molecular formula is C22H24N4O. The summed E-state index contributed by atoms with van der Waals surface area (Å²) in [5.41, 5.74) is 2.76. The van der Waals surface area contributed by atoms with Gasteiger partial charge in [0, 0.05) is 24.7 Å². The van der Waals surface area contributed by atoms with Gasteiger partial charge in [-0.2, -0.15) is 0 Å². The highest BCUT2D eigenvalue weighted by atomic mass is 16.1. The minimum absolute atomic E-state index is 0.0311. The average Bonchev–Trinajstić information content (AvgIpc) is 2.92. The van der Waals surface area contributed by atoms with E-state index in [0.717, 1.165) is 50.9 Å². The maximum absolute atomic E-state index is 12.7. The van der Waals surface area contributed by atoms with Crippen molar-refractivity contribution in [3.8, 4) is 11.4 Å². The second-order valence-corrected chi connectivity index (χ2v) is 7.15. The van der Waals surface area contributed by atoms with Crippen LogP contribution >= 0.6 is 0 Å². The Labute approximate surface area is 159 Å². The molecule has 0 aliphatic carbocycles. The monoisotopic (exact) mass is 360 g/mol. The lowest BCUT2D eigenvalue weighted by atomic mass is 9.94. The Morgan fingerprint density at radius 2 is 1.96 bits per heavy atom. The molecule has 138 valence electrons. The van der Waals surface area contributed by atoms with Crippen LogP contribution in [0.15, 0.2) is 59.8 Å². The first-order chi connectivity index (χ1) is 13.3. The summed E-state index contributed by atoms with van der Waals surface area (Å²) in [6.45, 7) is 0.764. The second-order valence-electron chi connectivity index (χ2n) is 7.15. The van der Waals surface area contributed by atoms with Crippen molar-refractivity contribution in [3.63, 3.8) is 0 Å². The molecule has 0 bridgehead atoms. The normalized spacial score (nSPS) is 16.5. The molecule has 1 aliphatic rings. The summed E-state index contributed by atoms with van der Waals surface area (Å²) in [6.07, 6.45) is 9.67. The van der Waals surface area contributed by atoms with Crippen molar-refractivity contribution in [2.24, 2.45) is 0 Å². The van der Waals surface area contributed by atoms with E-state index in [2.05, 4.69) is 40.3 Å². The van der Waals surface area contributed by atoms with Gasteiger partial charge in [0.25, 0.3) is 5.56 Å². The van der Waals surface area contributed by atoms with Crippen molar-refractivity contribution >= 4 is 0 Å². The van der Waals surface area contributed by atoms with Crippen molar-refractivity contribution < 1.29 is 0 Å². The minimum atomic E-state index is 0.0311. The molecular weight excluding hydrogens is 336 g/mol. The van der Waals surface area contributed by atoms with Gasteiger partial charge in [0.2, 0.25) is 0 Å². The Morgan fingerprint density at radius 3 is 2.78 bits per heavy atom. The maximum Gasteiger partial charge on any atom is 0.254 e. The minimum Gasteiger partial charge on any atom is -0.296 e. The van der Waals surface area contributed by atoms with Crippen LogP contribution in [-0.2, 0) is 13.0 Å². The number of fused-ring (bicyclic) bond motifs is 1. The van der Waals surface area contributed by atoms with Gasteiger partial charge in [-0.15, -0.1) is 0 Å². The Kier molecular flexibility index (Phi) is 5.37. The maximum atomic E-state index is 12.7. The van der Waals surface area contributed by atoms with Gasteiger partial charge >= 0.3 is 0 Å². The van der Waals surface area contributed by atoms with Crippen molar-refractivity contribution in [2.45, 2.75) is 51.0 Å². The highest BCUT2D eigenvalue weighted by molar-refractivity contribution is 5.52. The van der Waals surface area contributed by atoms with Crippen LogP contribution in [-0.4, -0.2) is 19.5 Å². The van der Waals surface area contributed by atoms with E-state index >= 15 is 0 Å². The zero-order valence-electron chi connectivity index (χ0n) is 15.4. The van der Waals surface area contributed by atoms with E-state index in [1.807, 2.05) is 4.57 Å². The van der Waals surface area contributed by atoms with Gasteiger partial charge in [-0.3, -0.25) is 9.36 Å². The van der Waals surface area contributed by atoms with Crippen molar-refractivity contribution in [2.75, 3.05) is 0 Å². The molecule has 0 saturated carbocycles. The third kappa shape index (κ3) is 4.13. The van der Waals surface area contributed by atoms with Crippen LogP contribution < -0.4 is 5.56 Å². The summed E-state index contributed by atoms with van der Waals surface area (Å²) < 4.78 is 1.88. The third-order valence-corrected chi connectivity index (χ3v) is 5.29. The highest BCUT2D eigenvalue weighted by Crippen LogP contribution is 2.30. The molecule has 0 fully saturated rings. The third-order valence-electron chi connectivity index (χ3n) is 5.29. The summed E-state index contributed by atoms with van der Waals surface area (Å²) in [7, 11) is 0. The zero-order chi connectivity index (χ0) is 18.5. The smallest absolute Gasteiger partial charge is 0.254 e. The number of rotatable bonds is 5. The molecule has 5 nitrogen and oxygen atoms in total. The van der Waals surface area contributed by atoms with Crippen LogP contribution in [0.5, 0.6) is 0 Å². The Morgan fingerprint density at radius 1 is 1.07 bits per heavy atom. The Balaban J connectivity index is 1.59. The number of aryl methyl sites for hydroxylation is 1. The van der Waals surface area contributed by atoms with Crippen LogP contribution in [0.4, 0.5) is 0 Å². The molecule has 0 spiro atoms. The lowest BCUT2D eigenvalue weighted by Gasteiger charge is -2.18. The first-order valence-corrected chi connectivity index (χ1v) is 9.73. The molecule has 0 radical (unpaired) electrons. The molecule has 0 amide bonds. The second kappa shape index (κ2) is 8.25. The topological polar surface area (TPSA) is 60.7 Å². The van der Waals surface area contributed by atoms with E-state index in [1.54, 1.807) is 18.3 Å². The van der Waals surface area contributed by atoms with E-state index in [-0.39, 0.29) is 5.56 Å². The van der Waals surface area contributed by atoms with E-state index in [9.17, 15) is 4.79 Å². The SMILES string of the molecule is O=c1cc(-c2ccncn2)nc2n1CCCCC2CCCc1ccccc1. The first kappa shape index (κ1) is 17.6. The van der Waals surface area contributed by atoms with Gasteiger partial charge < -0.3 is 0 Å². The summed E-state index contributed by atoms with van der Waals surface area (Å²) in [5.74, 6) is 1.26. The number of aromatic nitrogens is 4. The molecule has 1 atom stereocenters. The number of hydrogen-bond donors (Lipinski definition) is 0. The molecule has 27 heavy (non-hydrogen) atoms. The summed E-state index contributed by atoms with van der Waals surface area (Å²) in [4.78, 5) is 25.8. The molecule has 2 aromatic heterocycles. The fraction of sp³-hybridized carbons (Fsp3) is 0.364. The molecule has 3 heterocycles. The summed E-state index contributed by atoms with van der Waals surface area (Å²) >= 11 is 0. The quantitative estimate of drug-likeness (QED) is 0.690. The van der Waals surface area contributed by atoms with Gasteiger partial charge in [0.1, 0.15) is 12.2 Å². The largest absolute Gasteiger partial charge is 0.296 e. The molecule has 3 aromatic rings. The fourth-order valence-corrected chi connectivity index (χ4v) is 3.89.